The van der Waals surface area contributed by atoms with Crippen molar-refractivity contribution < 1.29 is 19.5 Å². The fourth-order valence-corrected chi connectivity index (χ4v) is 4.06. The maximum atomic E-state index is 13.3. The molecule has 1 unspecified atom stereocenters. The Morgan fingerprint density at radius 3 is 2.32 bits per heavy atom. The lowest BCUT2D eigenvalue weighted by Gasteiger charge is -2.18. The Morgan fingerprint density at radius 1 is 0.903 bits per heavy atom. The predicted molar refractivity (Wildman–Crippen MR) is 123 cm³/mol. The highest BCUT2D eigenvalue weighted by Gasteiger charge is 2.23. The number of rotatable bonds is 7. The van der Waals surface area contributed by atoms with Gasteiger partial charge >= 0.3 is 5.97 Å². The van der Waals surface area contributed by atoms with E-state index in [2.05, 4.69) is 10.6 Å². The van der Waals surface area contributed by atoms with E-state index in [-0.39, 0.29) is 17.4 Å². The van der Waals surface area contributed by atoms with Gasteiger partial charge in [-0.1, -0.05) is 42.5 Å². The van der Waals surface area contributed by atoms with E-state index in [0.717, 1.165) is 16.0 Å². The van der Waals surface area contributed by atoms with E-state index >= 15 is 0 Å². The minimum absolute atomic E-state index is 0.104. The summed E-state index contributed by atoms with van der Waals surface area (Å²) in [4.78, 5) is 36.7. The van der Waals surface area contributed by atoms with Crippen LogP contribution in [0.25, 0.3) is 0 Å². The van der Waals surface area contributed by atoms with Gasteiger partial charge in [0.05, 0.1) is 5.56 Å². The molecule has 0 radical (unpaired) electrons. The average molecular weight is 435 g/mol. The van der Waals surface area contributed by atoms with Crippen LogP contribution in [0, 0.1) is 6.92 Å². The molecule has 0 heterocycles. The Morgan fingerprint density at radius 2 is 1.65 bits per heavy atom. The van der Waals surface area contributed by atoms with Crippen LogP contribution in [0.15, 0.2) is 77.7 Å². The highest BCUT2D eigenvalue weighted by atomic mass is 32.2. The second kappa shape index (κ2) is 9.95. The zero-order chi connectivity index (χ0) is 22.4. The lowest BCUT2D eigenvalue weighted by atomic mass is 10.1. The number of benzene rings is 3. The number of carboxylic acid groups (broad SMARTS) is 1. The van der Waals surface area contributed by atoms with Gasteiger partial charge in [0.2, 0.25) is 11.8 Å². The van der Waals surface area contributed by atoms with Gasteiger partial charge < -0.3 is 15.7 Å². The molecule has 158 valence electrons. The summed E-state index contributed by atoms with van der Waals surface area (Å²) in [5, 5.41) is 14.3. The third-order valence-electron chi connectivity index (χ3n) is 4.49. The Balaban J connectivity index is 1.90. The molecule has 3 N–H and O–H groups in total. The Kier molecular flexibility index (Phi) is 7.10. The fourth-order valence-electron chi connectivity index (χ4n) is 2.98. The Hall–Kier alpha value is -3.58. The Labute approximate surface area is 184 Å². The molecule has 31 heavy (non-hydrogen) atoms. The minimum Gasteiger partial charge on any atom is -0.478 e. The van der Waals surface area contributed by atoms with Gasteiger partial charge in [0.25, 0.3) is 0 Å². The van der Waals surface area contributed by atoms with Crippen LogP contribution in [0.3, 0.4) is 0 Å². The molecule has 1 atom stereocenters. The molecule has 3 aromatic rings. The van der Waals surface area contributed by atoms with Crippen LogP contribution in [0.5, 0.6) is 0 Å². The molecule has 3 aromatic carbocycles. The maximum Gasteiger partial charge on any atom is 0.335 e. The molecule has 6 nitrogen and oxygen atoms in total. The maximum absolute atomic E-state index is 13.3. The van der Waals surface area contributed by atoms with Crippen LogP contribution < -0.4 is 10.6 Å². The molecule has 0 bridgehead atoms. The molecule has 0 aliphatic rings. The number of carbonyl (C=O) groups is 3. The van der Waals surface area contributed by atoms with Crippen molar-refractivity contribution in [1.82, 2.24) is 0 Å². The van der Waals surface area contributed by atoms with Crippen molar-refractivity contribution >= 4 is 40.9 Å². The van der Waals surface area contributed by atoms with Crippen molar-refractivity contribution in [3.05, 3.63) is 89.5 Å². The molecule has 0 aliphatic heterocycles. The highest BCUT2D eigenvalue weighted by Crippen LogP contribution is 2.37. The molecular weight excluding hydrogens is 412 g/mol. The molecule has 0 saturated carbocycles. The van der Waals surface area contributed by atoms with E-state index in [4.69, 9.17) is 0 Å². The lowest BCUT2D eigenvalue weighted by molar-refractivity contribution is -0.116. The quantitative estimate of drug-likeness (QED) is 0.449. The van der Waals surface area contributed by atoms with Gasteiger partial charge in [-0.25, -0.2) is 4.79 Å². The summed E-state index contributed by atoms with van der Waals surface area (Å²) < 4.78 is 0. The lowest BCUT2D eigenvalue weighted by Crippen LogP contribution is -2.20. The van der Waals surface area contributed by atoms with E-state index in [9.17, 15) is 19.5 Å². The molecule has 0 aromatic heterocycles. The van der Waals surface area contributed by atoms with Crippen LogP contribution >= 0.6 is 11.8 Å². The number of anilines is 2. The fraction of sp³-hybridized carbons (Fsp3) is 0.125. The van der Waals surface area contributed by atoms with E-state index in [0.29, 0.717) is 11.4 Å². The van der Waals surface area contributed by atoms with Crippen LogP contribution in [0.4, 0.5) is 11.4 Å². The van der Waals surface area contributed by atoms with Crippen LogP contribution in [-0.4, -0.2) is 22.9 Å². The second-order valence-electron chi connectivity index (χ2n) is 6.94. The average Bonchev–Trinajstić information content (AvgIpc) is 2.73. The number of aromatic carboxylic acids is 1. The predicted octanol–water partition coefficient (Wildman–Crippen LogP) is 5.12. The Bertz CT molecular complexity index is 1120. The van der Waals surface area contributed by atoms with E-state index < -0.39 is 11.2 Å². The number of carbonyl (C=O) groups excluding carboxylic acids is 2. The zero-order valence-electron chi connectivity index (χ0n) is 17.1. The van der Waals surface area contributed by atoms with Crippen molar-refractivity contribution in [3.8, 4) is 0 Å². The van der Waals surface area contributed by atoms with Gasteiger partial charge in [-0.05, 0) is 48.4 Å². The number of hydrogen-bond acceptors (Lipinski definition) is 4. The molecule has 0 saturated heterocycles. The molecular formula is C24H22N2O4S. The first-order valence-electron chi connectivity index (χ1n) is 9.57. The van der Waals surface area contributed by atoms with Crippen molar-refractivity contribution in [2.45, 2.75) is 24.0 Å². The summed E-state index contributed by atoms with van der Waals surface area (Å²) in [6.07, 6.45) is 0. The van der Waals surface area contributed by atoms with Crippen molar-refractivity contribution in [2.24, 2.45) is 0 Å². The highest BCUT2D eigenvalue weighted by molar-refractivity contribution is 8.00. The third-order valence-corrected chi connectivity index (χ3v) is 5.74. The topological polar surface area (TPSA) is 95.5 Å². The molecule has 0 spiro atoms. The monoisotopic (exact) mass is 434 g/mol. The van der Waals surface area contributed by atoms with E-state index in [1.807, 2.05) is 55.5 Å². The number of thioether (sulfide) groups is 1. The van der Waals surface area contributed by atoms with Gasteiger partial charge in [0.1, 0.15) is 5.25 Å². The molecule has 0 aliphatic carbocycles. The van der Waals surface area contributed by atoms with Crippen molar-refractivity contribution in [3.63, 3.8) is 0 Å². The van der Waals surface area contributed by atoms with Crippen LogP contribution in [-0.2, 0) is 9.59 Å². The molecule has 2 amide bonds. The summed E-state index contributed by atoms with van der Waals surface area (Å²) in [5.74, 6) is -1.50. The largest absolute Gasteiger partial charge is 0.478 e. The zero-order valence-corrected chi connectivity index (χ0v) is 17.9. The van der Waals surface area contributed by atoms with Gasteiger partial charge in [-0.3, -0.25) is 9.59 Å². The van der Waals surface area contributed by atoms with Crippen LogP contribution in [0.2, 0.25) is 0 Å². The number of nitrogens with one attached hydrogen (secondary N) is 2. The normalized spacial score (nSPS) is 11.4. The van der Waals surface area contributed by atoms with Gasteiger partial charge in [0.15, 0.2) is 0 Å². The van der Waals surface area contributed by atoms with E-state index in [1.165, 1.54) is 30.8 Å². The number of amides is 2. The van der Waals surface area contributed by atoms with Gasteiger partial charge in [-0.15, -0.1) is 11.8 Å². The first-order chi connectivity index (χ1) is 14.8. The first-order valence-corrected chi connectivity index (χ1v) is 10.5. The second-order valence-corrected chi connectivity index (χ2v) is 8.12. The minimum atomic E-state index is -1.06. The third kappa shape index (κ3) is 5.96. The van der Waals surface area contributed by atoms with Crippen molar-refractivity contribution in [2.75, 3.05) is 10.6 Å². The molecule has 7 heteroatoms. The number of aryl methyl sites for hydroxylation is 1. The SMILES string of the molecule is CC(=O)Nc1cccc(SC(C(=O)Nc2cc(C(=O)O)ccc2C)c2ccccc2)c1. The number of hydrogen-bond donors (Lipinski definition) is 3. The summed E-state index contributed by atoms with van der Waals surface area (Å²) in [6.45, 7) is 3.25. The molecule has 3 rings (SSSR count). The summed E-state index contributed by atoms with van der Waals surface area (Å²) >= 11 is 1.35. The first kappa shape index (κ1) is 22.1. The standard InChI is InChI=1S/C24H22N2O4S/c1-15-11-12-18(24(29)30)13-21(15)26-23(28)22(17-7-4-3-5-8-17)31-20-10-6-9-19(14-20)25-16(2)27/h3-14,22H,1-2H3,(H,25,27)(H,26,28)(H,29,30). The van der Waals surface area contributed by atoms with Crippen molar-refractivity contribution in [1.29, 1.82) is 0 Å². The summed E-state index contributed by atoms with van der Waals surface area (Å²) in [6, 6.07) is 21.2. The van der Waals surface area contributed by atoms with Gasteiger partial charge in [0, 0.05) is 23.2 Å². The van der Waals surface area contributed by atoms with E-state index in [1.54, 1.807) is 12.1 Å². The summed E-state index contributed by atoms with van der Waals surface area (Å²) in [7, 11) is 0. The molecule has 0 fully saturated rings. The summed E-state index contributed by atoms with van der Waals surface area (Å²) in [5.41, 5.74) is 2.78. The van der Waals surface area contributed by atoms with Crippen LogP contribution in [0.1, 0.15) is 33.7 Å². The number of carboxylic acids is 1. The van der Waals surface area contributed by atoms with Gasteiger partial charge in [-0.2, -0.15) is 0 Å². The smallest absolute Gasteiger partial charge is 0.335 e.